The zero-order chi connectivity index (χ0) is 24.5. The van der Waals surface area contributed by atoms with Crippen molar-refractivity contribution in [2.75, 3.05) is 24.1 Å². The monoisotopic (exact) mass is 484 g/mol. The van der Waals surface area contributed by atoms with Gasteiger partial charge in [0.1, 0.15) is 6.23 Å². The smallest absolute Gasteiger partial charge is 0.351 e. The van der Waals surface area contributed by atoms with E-state index in [-0.39, 0.29) is 30.5 Å². The van der Waals surface area contributed by atoms with E-state index in [0.717, 1.165) is 6.42 Å². The van der Waals surface area contributed by atoms with Crippen LogP contribution in [0, 0.1) is 11.8 Å². The predicted octanol–water partition coefficient (Wildman–Crippen LogP) is 2.39. The fourth-order valence-electron chi connectivity index (χ4n) is 3.50. The van der Waals surface area contributed by atoms with Gasteiger partial charge in [0.15, 0.2) is 5.82 Å². The molecule has 1 fully saturated rings. The minimum atomic E-state index is -0.568. The molecule has 10 heteroatoms. The molecule has 0 bridgehead atoms. The van der Waals surface area contributed by atoms with Gasteiger partial charge in [0.05, 0.1) is 30.3 Å². The van der Waals surface area contributed by atoms with Crippen molar-refractivity contribution in [1.29, 1.82) is 0 Å². The van der Waals surface area contributed by atoms with E-state index < -0.39 is 17.8 Å². The Morgan fingerprint density at radius 1 is 1.32 bits per heavy atom. The molecular weight excluding hydrogens is 456 g/mol. The van der Waals surface area contributed by atoms with E-state index in [4.69, 9.17) is 9.47 Å². The third kappa shape index (κ3) is 6.70. The Morgan fingerprint density at radius 3 is 2.76 bits per heavy atom. The molecule has 0 unspecified atom stereocenters. The summed E-state index contributed by atoms with van der Waals surface area (Å²) in [6.07, 6.45) is 3.88. The second-order valence-corrected chi connectivity index (χ2v) is 8.42. The van der Waals surface area contributed by atoms with Gasteiger partial charge in [-0.05, 0) is 24.8 Å². The molecule has 3 rings (SSSR count). The highest BCUT2D eigenvalue weighted by Gasteiger charge is 2.36. The van der Waals surface area contributed by atoms with Gasteiger partial charge in [0.2, 0.25) is 5.91 Å². The van der Waals surface area contributed by atoms with E-state index in [1.54, 1.807) is 42.1 Å². The van der Waals surface area contributed by atoms with Crippen LogP contribution in [0.1, 0.15) is 48.8 Å². The van der Waals surface area contributed by atoms with E-state index in [0.29, 0.717) is 23.5 Å². The zero-order valence-corrected chi connectivity index (χ0v) is 20.2. The van der Waals surface area contributed by atoms with Crippen molar-refractivity contribution in [3.8, 4) is 11.8 Å². The third-order valence-corrected chi connectivity index (χ3v) is 5.53. The van der Waals surface area contributed by atoms with E-state index in [2.05, 4.69) is 27.5 Å². The first-order valence-corrected chi connectivity index (χ1v) is 12.3. The Labute approximate surface area is 202 Å². The quantitative estimate of drug-likeness (QED) is 0.437. The summed E-state index contributed by atoms with van der Waals surface area (Å²) in [7, 11) is 0. The van der Waals surface area contributed by atoms with Crippen molar-refractivity contribution in [2.45, 2.75) is 45.1 Å². The van der Waals surface area contributed by atoms with Crippen molar-refractivity contribution in [3.63, 3.8) is 0 Å². The molecular formula is C24H28N4O5S. The predicted molar refractivity (Wildman–Crippen MR) is 131 cm³/mol. The number of benzene rings is 1. The molecule has 2 aromatic rings. The number of carbonyl (C=O) groups excluding carboxylic acids is 2. The minimum absolute atomic E-state index is 0.0469. The summed E-state index contributed by atoms with van der Waals surface area (Å²) < 4.78 is 13.3. The SMILES string of the molecule is CC[C@H]1O[C@@H](n2cc(C#CCNC(C)=O)c(NC(=O)c3ccccc3)nc2=O)C[C@H]1OCSC. The molecule has 1 aliphatic heterocycles. The molecule has 2 amide bonds. The average Bonchev–Trinajstić information content (AvgIpc) is 3.24. The molecule has 0 spiro atoms. The van der Waals surface area contributed by atoms with Crippen LogP contribution < -0.4 is 16.3 Å². The molecule has 1 aromatic carbocycles. The number of nitrogens with zero attached hydrogens (tertiary/aromatic N) is 2. The number of rotatable bonds is 8. The van der Waals surface area contributed by atoms with E-state index in [1.807, 2.05) is 13.2 Å². The van der Waals surface area contributed by atoms with E-state index >= 15 is 0 Å². The first-order valence-electron chi connectivity index (χ1n) is 10.9. The Kier molecular flexibility index (Phi) is 9.27. The van der Waals surface area contributed by atoms with Gasteiger partial charge in [-0.1, -0.05) is 37.0 Å². The highest BCUT2D eigenvalue weighted by molar-refractivity contribution is 7.98. The number of hydrogen-bond donors (Lipinski definition) is 2. The first kappa shape index (κ1) is 25.5. The van der Waals surface area contributed by atoms with Gasteiger partial charge in [0.25, 0.3) is 5.91 Å². The molecule has 1 aliphatic rings. The molecule has 1 aromatic heterocycles. The van der Waals surface area contributed by atoms with Crippen LogP contribution in [-0.2, 0) is 14.3 Å². The van der Waals surface area contributed by atoms with Crippen LogP contribution in [0.4, 0.5) is 5.82 Å². The molecule has 2 N–H and O–H groups in total. The fourth-order valence-corrected chi connectivity index (χ4v) is 3.81. The van der Waals surface area contributed by atoms with Gasteiger partial charge >= 0.3 is 5.69 Å². The number of hydrogen-bond acceptors (Lipinski definition) is 7. The van der Waals surface area contributed by atoms with Crippen LogP contribution in [0.15, 0.2) is 41.3 Å². The summed E-state index contributed by atoms with van der Waals surface area (Å²) in [6, 6.07) is 8.60. The number of anilines is 1. The molecule has 34 heavy (non-hydrogen) atoms. The summed E-state index contributed by atoms with van der Waals surface area (Å²) in [6.45, 7) is 3.51. The number of aromatic nitrogens is 2. The Morgan fingerprint density at radius 2 is 2.09 bits per heavy atom. The maximum absolute atomic E-state index is 12.9. The summed E-state index contributed by atoms with van der Waals surface area (Å²) >= 11 is 1.58. The van der Waals surface area contributed by atoms with E-state index in [1.165, 1.54) is 17.7 Å². The standard InChI is InChI=1S/C24H28N4O5S/c1-4-19-20(32-15-34-3)13-21(33-19)28-14-18(11-8-12-25-16(2)29)22(27-24(28)31)26-23(30)17-9-6-5-7-10-17/h5-7,9-10,14,19-21H,4,12-13,15H2,1-3H3,(H,25,29)(H,26,27,30,31)/t19-,20-,21-/m1/s1. The van der Waals surface area contributed by atoms with Gasteiger partial charge in [-0.15, -0.1) is 11.8 Å². The number of carbonyl (C=O) groups is 2. The van der Waals surface area contributed by atoms with E-state index in [9.17, 15) is 14.4 Å². The van der Waals surface area contributed by atoms with Gasteiger partial charge in [0, 0.05) is 25.1 Å². The lowest BCUT2D eigenvalue weighted by Gasteiger charge is -2.17. The topological polar surface area (TPSA) is 112 Å². The van der Waals surface area contributed by atoms with Crippen LogP contribution in [0.2, 0.25) is 0 Å². The summed E-state index contributed by atoms with van der Waals surface area (Å²) in [5.74, 6) is 5.68. The second kappa shape index (κ2) is 12.4. The van der Waals surface area contributed by atoms with Crippen LogP contribution in [0.5, 0.6) is 0 Å². The van der Waals surface area contributed by atoms with Crippen LogP contribution in [0.25, 0.3) is 0 Å². The van der Waals surface area contributed by atoms with Crippen molar-refractivity contribution < 1.29 is 19.1 Å². The van der Waals surface area contributed by atoms with Gasteiger partial charge < -0.3 is 20.1 Å². The first-order chi connectivity index (χ1) is 16.4. The van der Waals surface area contributed by atoms with Gasteiger partial charge in [-0.3, -0.25) is 14.2 Å². The largest absolute Gasteiger partial charge is 0.365 e. The zero-order valence-electron chi connectivity index (χ0n) is 19.4. The fraction of sp³-hybridized carbons (Fsp3) is 0.417. The Hall–Kier alpha value is -3.13. The van der Waals surface area contributed by atoms with Crippen molar-refractivity contribution in [1.82, 2.24) is 14.9 Å². The lowest BCUT2D eigenvalue weighted by molar-refractivity contribution is -0.118. The minimum Gasteiger partial charge on any atom is -0.365 e. The normalized spacial score (nSPS) is 19.2. The van der Waals surface area contributed by atoms with Crippen molar-refractivity contribution in [2.24, 2.45) is 0 Å². The maximum atomic E-state index is 12.9. The molecule has 0 radical (unpaired) electrons. The maximum Gasteiger partial charge on any atom is 0.351 e. The Bertz CT molecular complexity index is 1130. The van der Waals surface area contributed by atoms with Crippen molar-refractivity contribution >= 4 is 29.4 Å². The van der Waals surface area contributed by atoms with Crippen molar-refractivity contribution in [3.05, 3.63) is 58.1 Å². The third-order valence-electron chi connectivity index (χ3n) is 5.16. The van der Waals surface area contributed by atoms with Gasteiger partial charge in [-0.25, -0.2) is 4.79 Å². The van der Waals surface area contributed by atoms with Crippen LogP contribution in [-0.4, -0.2) is 52.3 Å². The highest BCUT2D eigenvalue weighted by Crippen LogP contribution is 2.32. The summed E-state index contributed by atoms with van der Waals surface area (Å²) in [4.78, 5) is 40.8. The highest BCUT2D eigenvalue weighted by atomic mass is 32.2. The molecule has 3 atom stereocenters. The number of nitrogens with one attached hydrogen (secondary N) is 2. The lowest BCUT2D eigenvalue weighted by atomic mass is 10.1. The average molecular weight is 485 g/mol. The lowest BCUT2D eigenvalue weighted by Crippen LogP contribution is -2.29. The molecule has 9 nitrogen and oxygen atoms in total. The van der Waals surface area contributed by atoms with Crippen LogP contribution in [0.3, 0.4) is 0 Å². The second-order valence-electron chi connectivity index (χ2n) is 7.61. The molecule has 2 heterocycles. The molecule has 0 aliphatic carbocycles. The molecule has 1 saturated heterocycles. The van der Waals surface area contributed by atoms with Gasteiger partial charge in [-0.2, -0.15) is 4.98 Å². The number of thioether (sulfide) groups is 1. The van der Waals surface area contributed by atoms with Crippen LogP contribution >= 0.6 is 11.8 Å². The number of amides is 2. The molecule has 0 saturated carbocycles. The summed E-state index contributed by atoms with van der Waals surface area (Å²) in [5, 5.41) is 5.26. The Balaban J connectivity index is 1.91. The number of ether oxygens (including phenoxy) is 2. The summed E-state index contributed by atoms with van der Waals surface area (Å²) in [5.41, 5.74) is 0.185. The molecule has 180 valence electrons.